The van der Waals surface area contributed by atoms with E-state index in [-0.39, 0.29) is 0 Å². The van der Waals surface area contributed by atoms with Gasteiger partial charge < -0.3 is 5.11 Å². The van der Waals surface area contributed by atoms with Gasteiger partial charge >= 0.3 is 5.97 Å². The molecule has 8 heteroatoms. The standard InChI is InChI=1S/C10H10ClNO5S/c11-9-3-1-8(2-4-9)5-6-18(15,16)12-17-7-10(13)14/h1-6,12H,7H2,(H,13,14). The Hall–Kier alpha value is -1.41. The maximum absolute atomic E-state index is 11.3. The predicted molar refractivity (Wildman–Crippen MR) is 66.1 cm³/mol. The highest BCUT2D eigenvalue weighted by Gasteiger charge is 2.06. The molecule has 0 saturated carbocycles. The summed E-state index contributed by atoms with van der Waals surface area (Å²) in [7, 11) is -3.83. The van der Waals surface area contributed by atoms with Crippen molar-refractivity contribution in [2.45, 2.75) is 0 Å². The van der Waals surface area contributed by atoms with Gasteiger partial charge in [0.2, 0.25) is 0 Å². The van der Waals surface area contributed by atoms with E-state index in [1.165, 1.54) is 6.08 Å². The van der Waals surface area contributed by atoms with Crippen molar-refractivity contribution in [3.05, 3.63) is 40.3 Å². The summed E-state index contributed by atoms with van der Waals surface area (Å²) >= 11 is 5.67. The van der Waals surface area contributed by atoms with Gasteiger partial charge in [-0.15, -0.1) is 0 Å². The quantitative estimate of drug-likeness (QED) is 0.769. The number of carboxylic acid groups (broad SMARTS) is 1. The van der Waals surface area contributed by atoms with Crippen molar-refractivity contribution in [2.75, 3.05) is 6.61 Å². The average Bonchev–Trinajstić information content (AvgIpc) is 2.27. The first-order valence-corrected chi connectivity index (χ1v) is 6.60. The first kappa shape index (κ1) is 14.7. The Balaban J connectivity index is 2.59. The van der Waals surface area contributed by atoms with Crippen LogP contribution in [0.1, 0.15) is 5.56 Å². The second kappa shape index (κ2) is 6.50. The van der Waals surface area contributed by atoms with Gasteiger partial charge in [-0.25, -0.2) is 13.2 Å². The van der Waals surface area contributed by atoms with Crippen molar-refractivity contribution in [1.29, 1.82) is 0 Å². The van der Waals surface area contributed by atoms with Crippen molar-refractivity contribution in [3.8, 4) is 0 Å². The Morgan fingerprint density at radius 1 is 1.39 bits per heavy atom. The molecule has 1 aromatic carbocycles. The molecule has 0 unspecified atom stereocenters. The van der Waals surface area contributed by atoms with E-state index in [0.717, 1.165) is 5.41 Å². The van der Waals surface area contributed by atoms with Crippen LogP contribution in [0, 0.1) is 0 Å². The third kappa shape index (κ3) is 5.78. The Morgan fingerprint density at radius 3 is 2.56 bits per heavy atom. The van der Waals surface area contributed by atoms with Gasteiger partial charge in [0.05, 0.1) is 0 Å². The van der Waals surface area contributed by atoms with E-state index in [1.807, 2.05) is 0 Å². The summed E-state index contributed by atoms with van der Waals surface area (Å²) in [6, 6.07) is 6.49. The molecule has 98 valence electrons. The summed E-state index contributed by atoms with van der Waals surface area (Å²) in [5, 5.41) is 9.65. The number of hydrogen-bond acceptors (Lipinski definition) is 4. The SMILES string of the molecule is O=C(O)CONS(=O)(=O)C=Cc1ccc(Cl)cc1. The minimum atomic E-state index is -3.83. The molecule has 0 amide bonds. The molecule has 0 aliphatic carbocycles. The van der Waals surface area contributed by atoms with Gasteiger partial charge in [-0.2, -0.15) is 0 Å². The summed E-state index contributed by atoms with van der Waals surface area (Å²) in [5.74, 6) is -1.28. The van der Waals surface area contributed by atoms with E-state index in [2.05, 4.69) is 4.84 Å². The third-order valence-corrected chi connectivity index (χ3v) is 2.78. The van der Waals surface area contributed by atoms with Crippen molar-refractivity contribution in [2.24, 2.45) is 0 Å². The average molecular weight is 292 g/mol. The predicted octanol–water partition coefficient (Wildman–Crippen LogP) is 1.25. The van der Waals surface area contributed by atoms with Crippen molar-refractivity contribution in [3.63, 3.8) is 0 Å². The molecule has 0 aliphatic heterocycles. The number of carbonyl (C=O) groups is 1. The van der Waals surface area contributed by atoms with Crippen LogP contribution < -0.4 is 4.89 Å². The Morgan fingerprint density at radius 2 is 2.00 bits per heavy atom. The van der Waals surface area contributed by atoms with E-state index in [1.54, 1.807) is 29.2 Å². The molecule has 1 rings (SSSR count). The summed E-state index contributed by atoms with van der Waals surface area (Å²) in [6.45, 7) is -0.756. The van der Waals surface area contributed by atoms with Crippen LogP contribution >= 0.6 is 11.6 Å². The number of hydrogen-bond donors (Lipinski definition) is 2. The lowest BCUT2D eigenvalue weighted by Crippen LogP contribution is -2.24. The highest BCUT2D eigenvalue weighted by atomic mass is 35.5. The van der Waals surface area contributed by atoms with Crippen molar-refractivity contribution >= 4 is 33.7 Å². The lowest BCUT2D eigenvalue weighted by Gasteiger charge is -2.00. The van der Waals surface area contributed by atoms with Crippen LogP contribution in [0.3, 0.4) is 0 Å². The Labute approximate surface area is 109 Å². The van der Waals surface area contributed by atoms with Crippen molar-refractivity contribution in [1.82, 2.24) is 4.89 Å². The minimum absolute atomic E-state index is 0.540. The van der Waals surface area contributed by atoms with Crippen LogP contribution in [0.5, 0.6) is 0 Å². The van der Waals surface area contributed by atoms with E-state index in [9.17, 15) is 13.2 Å². The second-order valence-electron chi connectivity index (χ2n) is 3.17. The van der Waals surface area contributed by atoms with Gasteiger partial charge in [-0.05, 0) is 23.8 Å². The van der Waals surface area contributed by atoms with Crippen LogP contribution in [0.4, 0.5) is 0 Å². The smallest absolute Gasteiger partial charge is 0.331 e. The molecular weight excluding hydrogens is 282 g/mol. The number of halogens is 1. The molecule has 6 nitrogen and oxygen atoms in total. The zero-order valence-corrected chi connectivity index (χ0v) is 10.6. The van der Waals surface area contributed by atoms with Gasteiger partial charge in [0.1, 0.15) is 0 Å². The first-order valence-electron chi connectivity index (χ1n) is 4.68. The summed E-state index contributed by atoms with van der Waals surface area (Å²) < 4.78 is 22.6. The molecule has 0 atom stereocenters. The third-order valence-electron chi connectivity index (χ3n) is 1.68. The van der Waals surface area contributed by atoms with E-state index in [4.69, 9.17) is 16.7 Å². The number of rotatable bonds is 6. The Bertz CT molecular complexity index is 538. The largest absolute Gasteiger partial charge is 0.479 e. The molecule has 0 fully saturated rings. The van der Waals surface area contributed by atoms with Gasteiger partial charge in [0.15, 0.2) is 6.61 Å². The van der Waals surface area contributed by atoms with E-state index in [0.29, 0.717) is 10.6 Å². The molecule has 0 aliphatic rings. The molecule has 2 N–H and O–H groups in total. The summed E-state index contributed by atoms with van der Waals surface area (Å²) in [6.07, 6.45) is 1.32. The van der Waals surface area contributed by atoms with Crippen LogP contribution in [0.25, 0.3) is 6.08 Å². The van der Waals surface area contributed by atoms with Crippen LogP contribution in [-0.2, 0) is 19.7 Å². The van der Waals surface area contributed by atoms with E-state index < -0.39 is 22.6 Å². The van der Waals surface area contributed by atoms with Crippen LogP contribution in [-0.4, -0.2) is 26.1 Å². The monoisotopic (exact) mass is 291 g/mol. The molecule has 0 saturated heterocycles. The number of sulfonamides is 1. The number of carboxylic acids is 1. The number of nitrogens with one attached hydrogen (secondary N) is 1. The van der Waals surface area contributed by atoms with Gasteiger partial charge in [0, 0.05) is 10.4 Å². The molecular formula is C10H10ClNO5S. The molecule has 0 aromatic heterocycles. The maximum Gasteiger partial charge on any atom is 0.331 e. The molecule has 0 spiro atoms. The normalized spacial score (nSPS) is 11.8. The lowest BCUT2D eigenvalue weighted by molar-refractivity contribution is -0.143. The van der Waals surface area contributed by atoms with Crippen LogP contribution in [0.15, 0.2) is 29.7 Å². The Kier molecular flexibility index (Phi) is 5.29. The number of benzene rings is 1. The zero-order chi connectivity index (χ0) is 13.6. The molecule has 1 aromatic rings. The lowest BCUT2D eigenvalue weighted by atomic mass is 10.2. The van der Waals surface area contributed by atoms with Gasteiger partial charge in [-0.1, -0.05) is 28.6 Å². The first-order chi connectivity index (χ1) is 8.39. The van der Waals surface area contributed by atoms with Gasteiger partial charge in [0.25, 0.3) is 10.0 Å². The zero-order valence-electron chi connectivity index (χ0n) is 9.04. The highest BCUT2D eigenvalue weighted by Crippen LogP contribution is 2.10. The minimum Gasteiger partial charge on any atom is -0.479 e. The summed E-state index contributed by atoms with van der Waals surface area (Å²) in [4.78, 5) is 16.0. The maximum atomic E-state index is 11.3. The highest BCUT2D eigenvalue weighted by molar-refractivity contribution is 7.92. The second-order valence-corrected chi connectivity index (χ2v) is 5.13. The summed E-state index contributed by atoms with van der Waals surface area (Å²) in [5.41, 5.74) is 0.628. The van der Waals surface area contributed by atoms with Gasteiger partial charge in [-0.3, -0.25) is 4.84 Å². The molecule has 18 heavy (non-hydrogen) atoms. The topological polar surface area (TPSA) is 92.7 Å². The van der Waals surface area contributed by atoms with Crippen molar-refractivity contribution < 1.29 is 23.2 Å². The fourth-order valence-corrected chi connectivity index (χ4v) is 1.68. The number of aliphatic carboxylic acids is 1. The molecule has 0 radical (unpaired) electrons. The fourth-order valence-electron chi connectivity index (χ4n) is 0.943. The molecule has 0 bridgehead atoms. The fraction of sp³-hybridized carbons (Fsp3) is 0.100. The molecule has 0 heterocycles. The van der Waals surface area contributed by atoms with E-state index >= 15 is 0 Å². The van der Waals surface area contributed by atoms with Crippen LogP contribution in [0.2, 0.25) is 5.02 Å².